The van der Waals surface area contributed by atoms with E-state index in [-0.39, 0.29) is 13.0 Å². The van der Waals surface area contributed by atoms with E-state index in [9.17, 15) is 9.59 Å². The molecule has 1 amide bonds. The number of aliphatic carboxylic acids is 1. The van der Waals surface area contributed by atoms with Gasteiger partial charge in [-0.1, -0.05) is 42.5 Å². The summed E-state index contributed by atoms with van der Waals surface area (Å²) < 4.78 is 10.3. The first kappa shape index (κ1) is 18.3. The molecule has 0 bridgehead atoms. The zero-order valence-corrected chi connectivity index (χ0v) is 14.0. The normalized spacial score (nSPS) is 11.4. The van der Waals surface area contributed by atoms with Crippen molar-refractivity contribution in [1.29, 1.82) is 0 Å². The van der Waals surface area contributed by atoms with Gasteiger partial charge in [0.15, 0.2) is 0 Å². The van der Waals surface area contributed by atoms with Crippen LogP contribution in [0.1, 0.15) is 17.5 Å². The highest BCUT2D eigenvalue weighted by molar-refractivity contribution is 5.71. The fraction of sp³-hybridized carbons (Fsp3) is 0.263. The smallest absolute Gasteiger partial charge is 0.407 e. The number of carbonyl (C=O) groups excluding carboxylic acids is 1. The Morgan fingerprint density at radius 3 is 2.48 bits per heavy atom. The van der Waals surface area contributed by atoms with Crippen LogP contribution in [0.25, 0.3) is 0 Å². The van der Waals surface area contributed by atoms with Crippen molar-refractivity contribution in [3.05, 3.63) is 65.7 Å². The number of rotatable bonds is 8. The van der Waals surface area contributed by atoms with Gasteiger partial charge in [-0.15, -0.1) is 0 Å². The number of hydrogen-bond acceptors (Lipinski definition) is 4. The van der Waals surface area contributed by atoms with Gasteiger partial charge in [0.25, 0.3) is 0 Å². The molecule has 6 nitrogen and oxygen atoms in total. The summed E-state index contributed by atoms with van der Waals surface area (Å²) >= 11 is 0. The molecule has 0 spiro atoms. The van der Waals surface area contributed by atoms with Crippen molar-refractivity contribution in [2.75, 3.05) is 7.11 Å². The Labute approximate surface area is 146 Å². The van der Waals surface area contributed by atoms with Crippen molar-refractivity contribution in [1.82, 2.24) is 5.32 Å². The Morgan fingerprint density at radius 1 is 1.08 bits per heavy atom. The van der Waals surface area contributed by atoms with Crippen molar-refractivity contribution in [2.24, 2.45) is 0 Å². The fourth-order valence-corrected chi connectivity index (χ4v) is 2.40. The molecule has 25 heavy (non-hydrogen) atoms. The van der Waals surface area contributed by atoms with Gasteiger partial charge >= 0.3 is 12.1 Å². The first-order valence-corrected chi connectivity index (χ1v) is 7.88. The highest BCUT2D eigenvalue weighted by atomic mass is 16.5. The van der Waals surface area contributed by atoms with Gasteiger partial charge in [0, 0.05) is 6.04 Å². The molecule has 2 rings (SSSR count). The van der Waals surface area contributed by atoms with Crippen LogP contribution in [-0.4, -0.2) is 30.3 Å². The molecular formula is C19H21NO5. The number of hydrogen-bond donors (Lipinski definition) is 2. The van der Waals surface area contributed by atoms with Crippen LogP contribution in [0.3, 0.4) is 0 Å². The summed E-state index contributed by atoms with van der Waals surface area (Å²) in [5.74, 6) is -0.311. The van der Waals surface area contributed by atoms with Crippen molar-refractivity contribution >= 4 is 12.1 Å². The van der Waals surface area contributed by atoms with Crippen LogP contribution in [0, 0.1) is 0 Å². The second-order valence-corrected chi connectivity index (χ2v) is 5.56. The minimum absolute atomic E-state index is 0.131. The molecule has 132 valence electrons. The second kappa shape index (κ2) is 9.32. The van der Waals surface area contributed by atoms with Gasteiger partial charge in [0.05, 0.1) is 13.5 Å². The molecule has 0 saturated heterocycles. The standard InChI is InChI=1S/C19H21NO5/c1-24-17-9-5-8-15(11-17)10-16(12-18(21)22)20-19(23)25-13-14-6-3-2-4-7-14/h2-9,11,16H,10,12-13H2,1H3,(H,20,23)(H,21,22)/t16-/m1/s1. The van der Waals surface area contributed by atoms with Crippen molar-refractivity contribution in [2.45, 2.75) is 25.5 Å². The molecule has 0 aromatic heterocycles. The van der Waals surface area contributed by atoms with E-state index < -0.39 is 18.1 Å². The highest BCUT2D eigenvalue weighted by Crippen LogP contribution is 2.15. The molecule has 2 aromatic rings. The third-order valence-electron chi connectivity index (χ3n) is 3.57. The maximum Gasteiger partial charge on any atom is 0.407 e. The second-order valence-electron chi connectivity index (χ2n) is 5.56. The molecule has 0 aliphatic carbocycles. The summed E-state index contributed by atoms with van der Waals surface area (Å²) in [7, 11) is 1.56. The lowest BCUT2D eigenvalue weighted by Crippen LogP contribution is -2.38. The zero-order chi connectivity index (χ0) is 18.1. The Hall–Kier alpha value is -3.02. The third-order valence-corrected chi connectivity index (χ3v) is 3.57. The van der Waals surface area contributed by atoms with Crippen LogP contribution < -0.4 is 10.1 Å². The molecule has 6 heteroatoms. The highest BCUT2D eigenvalue weighted by Gasteiger charge is 2.18. The fourth-order valence-electron chi connectivity index (χ4n) is 2.40. The number of carbonyl (C=O) groups is 2. The molecule has 0 unspecified atom stereocenters. The van der Waals surface area contributed by atoms with Gasteiger partial charge in [-0.05, 0) is 29.7 Å². The maximum atomic E-state index is 12.0. The van der Waals surface area contributed by atoms with E-state index >= 15 is 0 Å². The minimum atomic E-state index is -0.990. The SMILES string of the molecule is COc1cccc(C[C@H](CC(=O)O)NC(=O)OCc2ccccc2)c1. The van der Waals surface area contributed by atoms with E-state index in [1.54, 1.807) is 13.2 Å². The lowest BCUT2D eigenvalue weighted by atomic mass is 10.0. The van der Waals surface area contributed by atoms with Gasteiger partial charge in [0.2, 0.25) is 0 Å². The molecule has 0 heterocycles. The number of amides is 1. The van der Waals surface area contributed by atoms with E-state index in [1.807, 2.05) is 48.5 Å². The first-order valence-electron chi connectivity index (χ1n) is 7.88. The number of carboxylic acids is 1. The molecular weight excluding hydrogens is 322 g/mol. The van der Waals surface area contributed by atoms with Crippen molar-refractivity contribution in [3.8, 4) is 5.75 Å². The van der Waals surface area contributed by atoms with Gasteiger partial charge in [-0.2, -0.15) is 0 Å². The summed E-state index contributed by atoms with van der Waals surface area (Å²) in [5, 5.41) is 11.7. The number of ether oxygens (including phenoxy) is 2. The number of alkyl carbamates (subject to hydrolysis) is 1. The van der Waals surface area contributed by atoms with E-state index in [4.69, 9.17) is 14.6 Å². The van der Waals surface area contributed by atoms with Gasteiger partial charge in [0.1, 0.15) is 12.4 Å². The summed E-state index contributed by atoms with van der Waals surface area (Å²) in [5.41, 5.74) is 1.73. The number of nitrogens with one attached hydrogen (secondary N) is 1. The summed E-state index contributed by atoms with van der Waals surface area (Å²) in [6.45, 7) is 0.131. The summed E-state index contributed by atoms with van der Waals surface area (Å²) in [6.07, 6.45) is -0.473. The van der Waals surface area contributed by atoms with Crippen LogP contribution in [0.15, 0.2) is 54.6 Å². The molecule has 1 atom stereocenters. The van der Waals surface area contributed by atoms with Crippen molar-refractivity contribution < 1.29 is 24.2 Å². The summed E-state index contributed by atoms with van der Waals surface area (Å²) in [4.78, 5) is 23.0. The molecule has 0 radical (unpaired) electrons. The molecule has 2 aromatic carbocycles. The Balaban J connectivity index is 1.94. The molecule has 0 aliphatic rings. The van der Waals surface area contributed by atoms with E-state index in [2.05, 4.69) is 5.32 Å². The molecule has 2 N–H and O–H groups in total. The Kier molecular flexibility index (Phi) is 6.83. The average Bonchev–Trinajstić information content (AvgIpc) is 2.60. The number of methoxy groups -OCH3 is 1. The minimum Gasteiger partial charge on any atom is -0.497 e. The summed E-state index contributed by atoms with van der Waals surface area (Å²) in [6, 6.07) is 16.0. The van der Waals surface area contributed by atoms with Crippen LogP contribution in [0.2, 0.25) is 0 Å². The first-order chi connectivity index (χ1) is 12.1. The zero-order valence-electron chi connectivity index (χ0n) is 14.0. The van der Waals surface area contributed by atoms with Crippen LogP contribution >= 0.6 is 0 Å². The van der Waals surface area contributed by atoms with E-state index in [0.29, 0.717) is 12.2 Å². The molecule has 0 fully saturated rings. The van der Waals surface area contributed by atoms with Crippen molar-refractivity contribution in [3.63, 3.8) is 0 Å². The maximum absolute atomic E-state index is 12.0. The number of benzene rings is 2. The van der Waals surface area contributed by atoms with E-state index in [0.717, 1.165) is 11.1 Å². The molecule has 0 saturated carbocycles. The average molecular weight is 343 g/mol. The van der Waals surface area contributed by atoms with Crippen LogP contribution in [0.4, 0.5) is 4.79 Å². The van der Waals surface area contributed by atoms with Gasteiger partial charge in [-0.25, -0.2) is 4.79 Å². The lowest BCUT2D eigenvalue weighted by Gasteiger charge is -2.17. The van der Waals surface area contributed by atoms with Gasteiger partial charge in [-0.3, -0.25) is 4.79 Å². The molecule has 0 aliphatic heterocycles. The topological polar surface area (TPSA) is 84.9 Å². The van der Waals surface area contributed by atoms with Crippen LogP contribution in [0.5, 0.6) is 5.75 Å². The largest absolute Gasteiger partial charge is 0.497 e. The van der Waals surface area contributed by atoms with E-state index in [1.165, 1.54) is 0 Å². The predicted molar refractivity (Wildman–Crippen MR) is 92.5 cm³/mol. The lowest BCUT2D eigenvalue weighted by molar-refractivity contribution is -0.137. The quantitative estimate of drug-likeness (QED) is 0.770. The van der Waals surface area contributed by atoms with Crippen LogP contribution in [-0.2, 0) is 22.6 Å². The predicted octanol–water partition coefficient (Wildman–Crippen LogP) is 3.01. The Bertz CT molecular complexity index is 702. The Morgan fingerprint density at radius 2 is 1.80 bits per heavy atom. The number of carboxylic acid groups (broad SMARTS) is 1. The third kappa shape index (κ3) is 6.55. The van der Waals surface area contributed by atoms with Gasteiger partial charge < -0.3 is 19.9 Å². The monoisotopic (exact) mass is 343 g/mol.